The molecular formula is C49H97NO3. The van der Waals surface area contributed by atoms with E-state index in [1.807, 2.05) is 0 Å². The molecule has 0 radical (unpaired) electrons. The number of allylic oxidation sites excluding steroid dienone is 2. The largest absolute Gasteiger partial charge is 0.394 e. The van der Waals surface area contributed by atoms with Gasteiger partial charge in [0.15, 0.2) is 0 Å². The van der Waals surface area contributed by atoms with Gasteiger partial charge in [0.05, 0.1) is 18.8 Å². The van der Waals surface area contributed by atoms with Crippen LogP contribution in [0.2, 0.25) is 0 Å². The first-order valence-corrected chi connectivity index (χ1v) is 24.4. The maximum atomic E-state index is 12.4. The minimum atomic E-state index is -0.660. The molecule has 2 atom stereocenters. The van der Waals surface area contributed by atoms with Gasteiger partial charge < -0.3 is 15.5 Å². The average Bonchev–Trinajstić information content (AvgIpc) is 3.16. The van der Waals surface area contributed by atoms with Gasteiger partial charge in [-0.2, -0.15) is 0 Å². The van der Waals surface area contributed by atoms with Crippen LogP contribution in [0.5, 0.6) is 0 Å². The van der Waals surface area contributed by atoms with Crippen LogP contribution in [-0.2, 0) is 4.79 Å². The van der Waals surface area contributed by atoms with Gasteiger partial charge in [0.1, 0.15) is 0 Å². The van der Waals surface area contributed by atoms with E-state index >= 15 is 0 Å². The Hall–Kier alpha value is -0.870. The van der Waals surface area contributed by atoms with E-state index in [4.69, 9.17) is 0 Å². The molecule has 4 nitrogen and oxygen atoms in total. The van der Waals surface area contributed by atoms with Crippen molar-refractivity contribution in [3.8, 4) is 0 Å². The van der Waals surface area contributed by atoms with Gasteiger partial charge in [0, 0.05) is 6.42 Å². The number of hydrogen-bond acceptors (Lipinski definition) is 3. The molecule has 0 fully saturated rings. The third-order valence-corrected chi connectivity index (χ3v) is 11.5. The summed E-state index contributed by atoms with van der Waals surface area (Å²) in [5.74, 6) is -0.0363. The molecule has 0 aliphatic carbocycles. The summed E-state index contributed by atoms with van der Waals surface area (Å²) in [6, 6.07) is -0.537. The Labute approximate surface area is 333 Å². The Balaban J connectivity index is 3.44. The van der Waals surface area contributed by atoms with Gasteiger partial charge in [-0.25, -0.2) is 0 Å². The lowest BCUT2D eigenvalue weighted by Crippen LogP contribution is -2.45. The Morgan fingerprint density at radius 1 is 0.434 bits per heavy atom. The maximum Gasteiger partial charge on any atom is 0.220 e. The smallest absolute Gasteiger partial charge is 0.220 e. The average molecular weight is 748 g/mol. The van der Waals surface area contributed by atoms with E-state index < -0.39 is 12.1 Å². The topological polar surface area (TPSA) is 69.6 Å². The predicted molar refractivity (Wildman–Crippen MR) is 235 cm³/mol. The van der Waals surface area contributed by atoms with E-state index in [-0.39, 0.29) is 12.5 Å². The molecule has 53 heavy (non-hydrogen) atoms. The second kappa shape index (κ2) is 45.5. The molecule has 0 saturated carbocycles. The normalized spacial score (nSPS) is 12.9. The van der Waals surface area contributed by atoms with E-state index in [1.165, 1.54) is 225 Å². The fourth-order valence-corrected chi connectivity index (χ4v) is 7.77. The van der Waals surface area contributed by atoms with E-state index in [9.17, 15) is 15.0 Å². The highest BCUT2D eigenvalue weighted by atomic mass is 16.3. The standard InChI is InChI=1S/C49H97NO3/c1-3-5-7-9-11-13-15-17-19-20-21-22-23-24-25-26-27-28-29-31-32-34-36-38-40-42-44-48(52)47(46-51)50-49(53)45-43-41-39-37-35-33-30-18-16-14-12-10-8-6-4-2/h18,30,47-48,51-52H,3-17,19-29,31-46H2,1-2H3,(H,50,53)/b30-18-. The minimum absolute atomic E-state index is 0.0363. The molecule has 1 amide bonds. The second-order valence-electron chi connectivity index (χ2n) is 16.9. The van der Waals surface area contributed by atoms with E-state index in [0.717, 1.165) is 25.7 Å². The number of carbonyl (C=O) groups excluding carboxylic acids is 1. The molecular weight excluding hydrogens is 651 g/mol. The Morgan fingerprint density at radius 2 is 0.717 bits per heavy atom. The third-order valence-electron chi connectivity index (χ3n) is 11.5. The third kappa shape index (κ3) is 42.1. The summed E-state index contributed by atoms with van der Waals surface area (Å²) in [5.41, 5.74) is 0. The molecule has 0 saturated heterocycles. The van der Waals surface area contributed by atoms with Crippen molar-refractivity contribution in [3.05, 3.63) is 12.2 Å². The summed E-state index contributed by atoms with van der Waals surface area (Å²) in [4.78, 5) is 12.4. The van der Waals surface area contributed by atoms with Crippen LogP contribution >= 0.6 is 0 Å². The lowest BCUT2D eigenvalue weighted by molar-refractivity contribution is -0.123. The highest BCUT2D eigenvalue weighted by Gasteiger charge is 2.20. The van der Waals surface area contributed by atoms with E-state index in [1.54, 1.807) is 0 Å². The first kappa shape index (κ1) is 52.1. The van der Waals surface area contributed by atoms with Crippen LogP contribution in [0, 0.1) is 0 Å². The summed E-state index contributed by atoms with van der Waals surface area (Å²) in [7, 11) is 0. The van der Waals surface area contributed by atoms with Crippen molar-refractivity contribution in [2.75, 3.05) is 6.61 Å². The zero-order valence-corrected chi connectivity index (χ0v) is 36.3. The number of carbonyl (C=O) groups is 1. The molecule has 3 N–H and O–H groups in total. The number of hydrogen-bond donors (Lipinski definition) is 3. The second-order valence-corrected chi connectivity index (χ2v) is 16.9. The molecule has 0 aliphatic heterocycles. The first-order chi connectivity index (χ1) is 26.2. The summed E-state index contributed by atoms with van der Waals surface area (Å²) in [5, 5.41) is 23.2. The maximum absolute atomic E-state index is 12.4. The van der Waals surface area contributed by atoms with Crippen molar-refractivity contribution in [2.24, 2.45) is 0 Å². The van der Waals surface area contributed by atoms with Crippen molar-refractivity contribution in [1.82, 2.24) is 5.32 Å². The fraction of sp³-hybridized carbons (Fsp3) is 0.939. The lowest BCUT2D eigenvalue weighted by Gasteiger charge is -2.22. The summed E-state index contributed by atoms with van der Waals surface area (Å²) in [6.07, 6.45) is 57.4. The van der Waals surface area contributed by atoms with E-state index in [0.29, 0.717) is 12.8 Å². The van der Waals surface area contributed by atoms with Gasteiger partial charge in [-0.1, -0.05) is 244 Å². The SMILES string of the molecule is CCCCCCCC/C=C\CCCCCCCC(=O)NC(CO)C(O)CCCCCCCCCCCCCCCCCCCCCCCCCCCC. The zero-order chi connectivity index (χ0) is 38.6. The highest BCUT2D eigenvalue weighted by molar-refractivity contribution is 5.76. The highest BCUT2D eigenvalue weighted by Crippen LogP contribution is 2.17. The molecule has 0 aliphatic rings. The molecule has 4 heteroatoms. The monoisotopic (exact) mass is 748 g/mol. The lowest BCUT2D eigenvalue weighted by atomic mass is 10.0. The van der Waals surface area contributed by atoms with Crippen molar-refractivity contribution in [2.45, 2.75) is 289 Å². The van der Waals surface area contributed by atoms with Crippen molar-refractivity contribution < 1.29 is 15.0 Å². The van der Waals surface area contributed by atoms with Gasteiger partial charge in [-0.15, -0.1) is 0 Å². The van der Waals surface area contributed by atoms with Gasteiger partial charge in [-0.05, 0) is 38.5 Å². The number of unbranched alkanes of at least 4 members (excludes halogenated alkanes) is 36. The molecule has 0 rings (SSSR count). The van der Waals surface area contributed by atoms with Crippen LogP contribution < -0.4 is 5.32 Å². The first-order valence-electron chi connectivity index (χ1n) is 24.4. The van der Waals surface area contributed by atoms with Crippen molar-refractivity contribution >= 4 is 5.91 Å². The van der Waals surface area contributed by atoms with Crippen LogP contribution in [0.15, 0.2) is 12.2 Å². The Bertz CT molecular complexity index is 725. The van der Waals surface area contributed by atoms with Crippen LogP contribution in [0.1, 0.15) is 277 Å². The number of rotatable bonds is 45. The molecule has 2 unspecified atom stereocenters. The van der Waals surface area contributed by atoms with Crippen LogP contribution in [0.3, 0.4) is 0 Å². The minimum Gasteiger partial charge on any atom is -0.394 e. The molecule has 316 valence electrons. The number of amides is 1. The van der Waals surface area contributed by atoms with Gasteiger partial charge in [0.25, 0.3) is 0 Å². The van der Waals surface area contributed by atoms with Gasteiger partial charge >= 0.3 is 0 Å². The van der Waals surface area contributed by atoms with Crippen molar-refractivity contribution in [3.63, 3.8) is 0 Å². The quantitative estimate of drug-likeness (QED) is 0.0429. The molecule has 0 aromatic rings. The van der Waals surface area contributed by atoms with E-state index in [2.05, 4.69) is 31.3 Å². The predicted octanol–water partition coefficient (Wildman–Crippen LogP) is 15.4. The fourth-order valence-electron chi connectivity index (χ4n) is 7.77. The number of aliphatic hydroxyl groups is 2. The Kier molecular flexibility index (Phi) is 44.8. The van der Waals surface area contributed by atoms with Gasteiger partial charge in [-0.3, -0.25) is 4.79 Å². The summed E-state index contributed by atoms with van der Waals surface area (Å²) >= 11 is 0. The Morgan fingerprint density at radius 3 is 1.04 bits per heavy atom. The molecule has 0 spiro atoms. The molecule has 0 heterocycles. The zero-order valence-electron chi connectivity index (χ0n) is 36.3. The van der Waals surface area contributed by atoms with Gasteiger partial charge in [0.2, 0.25) is 5.91 Å². The van der Waals surface area contributed by atoms with Crippen molar-refractivity contribution in [1.29, 1.82) is 0 Å². The summed E-state index contributed by atoms with van der Waals surface area (Å²) < 4.78 is 0. The van der Waals surface area contributed by atoms with Crippen LogP contribution in [-0.4, -0.2) is 34.9 Å². The number of nitrogens with one attached hydrogen (secondary N) is 1. The summed E-state index contributed by atoms with van der Waals surface area (Å²) in [6.45, 7) is 4.37. The van der Waals surface area contributed by atoms with Crippen LogP contribution in [0.4, 0.5) is 0 Å². The molecule has 0 aromatic heterocycles. The molecule has 0 aromatic carbocycles. The number of aliphatic hydroxyl groups excluding tert-OH is 2. The molecule has 0 bridgehead atoms. The van der Waals surface area contributed by atoms with Crippen LogP contribution in [0.25, 0.3) is 0 Å².